The van der Waals surface area contributed by atoms with E-state index < -0.39 is 0 Å². The van der Waals surface area contributed by atoms with Gasteiger partial charge in [-0.1, -0.05) is 29.3 Å². The Morgan fingerprint density at radius 3 is 2.64 bits per heavy atom. The first-order valence-electron chi connectivity index (χ1n) is 6.27. The summed E-state index contributed by atoms with van der Waals surface area (Å²) < 4.78 is 1.56. The van der Waals surface area contributed by atoms with E-state index in [1.165, 1.54) is 0 Å². The van der Waals surface area contributed by atoms with Crippen LogP contribution in [0.25, 0.3) is 16.8 Å². The van der Waals surface area contributed by atoms with Gasteiger partial charge in [0.05, 0.1) is 5.02 Å². The maximum absolute atomic E-state index is 9.36. The van der Waals surface area contributed by atoms with Crippen LogP contribution >= 0.6 is 23.2 Å². The molecule has 1 aromatic carbocycles. The quantitative estimate of drug-likeness (QED) is 0.661. The first-order chi connectivity index (χ1) is 10.5. The molecule has 0 bridgehead atoms. The summed E-state index contributed by atoms with van der Waals surface area (Å²) >= 11 is 12.2. The number of nitriles is 1. The summed E-state index contributed by atoms with van der Waals surface area (Å²) in [6.07, 6.45) is 0. The average Bonchev–Trinajstić information content (AvgIpc) is 2.85. The summed E-state index contributed by atoms with van der Waals surface area (Å²) in [4.78, 5) is 12.5. The Kier molecular flexibility index (Phi) is 3.57. The third kappa shape index (κ3) is 2.23. The van der Waals surface area contributed by atoms with Crippen molar-refractivity contribution >= 4 is 41.5 Å². The Hall–Kier alpha value is -2.42. The largest absolute Gasteiger partial charge is 0.252 e. The number of nitrogens with zero attached hydrogens (tertiary/aromatic N) is 5. The molecule has 5 nitrogen and oxygen atoms in total. The number of hydrogen-bond acceptors (Lipinski definition) is 4. The Labute approximate surface area is 136 Å². The summed E-state index contributed by atoms with van der Waals surface area (Å²) in [5.74, 6) is 0.846. The Morgan fingerprint density at radius 1 is 1.23 bits per heavy atom. The van der Waals surface area contributed by atoms with E-state index >= 15 is 0 Å². The van der Waals surface area contributed by atoms with Crippen molar-refractivity contribution in [2.75, 3.05) is 0 Å². The lowest BCUT2D eigenvalue weighted by molar-refractivity contribution is 0.957. The van der Waals surface area contributed by atoms with Crippen LogP contribution in [0.2, 0.25) is 10.0 Å². The molecule has 0 fully saturated rings. The minimum Gasteiger partial charge on any atom is -0.252 e. The minimum atomic E-state index is 0.315. The van der Waals surface area contributed by atoms with Crippen LogP contribution < -0.4 is 0 Å². The van der Waals surface area contributed by atoms with Gasteiger partial charge in [-0.25, -0.2) is 9.98 Å². The van der Waals surface area contributed by atoms with E-state index in [1.807, 2.05) is 0 Å². The SMILES string of the molecule is C=Nc1nc(C)nc2c(-c3ccc(Cl)cc3Cl)cc(C#N)n12. The van der Waals surface area contributed by atoms with Crippen LogP contribution in [0.5, 0.6) is 0 Å². The lowest BCUT2D eigenvalue weighted by Crippen LogP contribution is -1.98. The van der Waals surface area contributed by atoms with Gasteiger partial charge in [0.2, 0.25) is 5.95 Å². The predicted octanol–water partition coefficient (Wildman–Crippen LogP) is 4.22. The molecule has 3 aromatic rings. The second kappa shape index (κ2) is 5.41. The zero-order valence-corrected chi connectivity index (χ0v) is 13.0. The van der Waals surface area contributed by atoms with Gasteiger partial charge >= 0.3 is 0 Å². The average molecular weight is 330 g/mol. The summed E-state index contributed by atoms with van der Waals surface area (Å²) in [5, 5.41) is 10.4. The number of fused-ring (bicyclic) bond motifs is 1. The number of rotatable bonds is 2. The maximum atomic E-state index is 9.36. The highest BCUT2D eigenvalue weighted by Gasteiger charge is 2.18. The fourth-order valence-electron chi connectivity index (χ4n) is 2.28. The molecule has 0 aliphatic rings. The van der Waals surface area contributed by atoms with Crippen molar-refractivity contribution in [3.05, 3.63) is 45.8 Å². The molecule has 22 heavy (non-hydrogen) atoms. The van der Waals surface area contributed by atoms with Gasteiger partial charge in [-0.2, -0.15) is 10.2 Å². The standard InChI is InChI=1S/C15H9Cl2N5/c1-8-20-14-12(11-4-3-9(16)5-13(11)17)6-10(7-18)22(14)15(19-2)21-8/h3-6H,2H2,1H3. The van der Waals surface area contributed by atoms with E-state index in [2.05, 4.69) is 27.7 Å². The van der Waals surface area contributed by atoms with Crippen LogP contribution in [0.1, 0.15) is 11.5 Å². The highest BCUT2D eigenvalue weighted by molar-refractivity contribution is 6.36. The van der Waals surface area contributed by atoms with E-state index in [1.54, 1.807) is 35.6 Å². The van der Waals surface area contributed by atoms with Crippen LogP contribution in [-0.2, 0) is 0 Å². The van der Waals surface area contributed by atoms with Gasteiger partial charge in [0.15, 0.2) is 5.65 Å². The number of aromatic nitrogens is 3. The number of aliphatic imine (C=N–C) groups is 1. The molecule has 0 N–H and O–H groups in total. The first-order valence-corrected chi connectivity index (χ1v) is 7.03. The van der Waals surface area contributed by atoms with Crippen molar-refractivity contribution in [2.24, 2.45) is 4.99 Å². The number of aryl methyl sites for hydroxylation is 1. The first kappa shape index (κ1) is 14.5. The van der Waals surface area contributed by atoms with Gasteiger partial charge in [-0.3, -0.25) is 4.40 Å². The molecule has 0 spiro atoms. The molecule has 0 amide bonds. The zero-order chi connectivity index (χ0) is 15.9. The summed E-state index contributed by atoms with van der Waals surface area (Å²) in [6, 6.07) is 8.99. The third-order valence-corrected chi connectivity index (χ3v) is 3.73. The summed E-state index contributed by atoms with van der Waals surface area (Å²) in [6.45, 7) is 5.25. The summed E-state index contributed by atoms with van der Waals surface area (Å²) in [7, 11) is 0. The molecule has 108 valence electrons. The van der Waals surface area contributed by atoms with Gasteiger partial charge in [0, 0.05) is 16.1 Å². The van der Waals surface area contributed by atoms with E-state index in [9.17, 15) is 5.26 Å². The molecule has 3 rings (SSSR count). The molecule has 0 saturated heterocycles. The molecule has 0 aliphatic heterocycles. The van der Waals surface area contributed by atoms with Gasteiger partial charge in [0.25, 0.3) is 0 Å². The van der Waals surface area contributed by atoms with E-state index in [0.717, 1.165) is 5.56 Å². The van der Waals surface area contributed by atoms with E-state index in [4.69, 9.17) is 23.2 Å². The number of benzene rings is 1. The van der Waals surface area contributed by atoms with Crippen molar-refractivity contribution in [3.63, 3.8) is 0 Å². The molecular weight excluding hydrogens is 321 g/mol. The third-order valence-electron chi connectivity index (χ3n) is 3.18. The van der Waals surface area contributed by atoms with Crippen molar-refractivity contribution in [3.8, 4) is 17.2 Å². The van der Waals surface area contributed by atoms with Gasteiger partial charge in [0.1, 0.15) is 17.6 Å². The monoisotopic (exact) mass is 329 g/mol. The highest BCUT2D eigenvalue weighted by Crippen LogP contribution is 2.35. The second-order valence-electron chi connectivity index (χ2n) is 4.57. The molecular formula is C15H9Cl2N5. The van der Waals surface area contributed by atoms with Gasteiger partial charge in [-0.05, 0) is 31.8 Å². The lowest BCUT2D eigenvalue weighted by Gasteiger charge is -2.05. The van der Waals surface area contributed by atoms with Crippen molar-refractivity contribution < 1.29 is 0 Å². The highest BCUT2D eigenvalue weighted by atomic mass is 35.5. The molecule has 0 atom stereocenters. The van der Waals surface area contributed by atoms with Gasteiger partial charge in [-0.15, -0.1) is 0 Å². The normalized spacial score (nSPS) is 10.6. The summed E-state index contributed by atoms with van der Waals surface area (Å²) in [5.41, 5.74) is 2.36. The molecule has 2 aromatic heterocycles. The van der Waals surface area contributed by atoms with Crippen molar-refractivity contribution in [1.29, 1.82) is 5.26 Å². The Balaban J connectivity index is 2.43. The maximum Gasteiger partial charge on any atom is 0.237 e. The molecule has 0 unspecified atom stereocenters. The van der Waals surface area contributed by atoms with Crippen LogP contribution in [-0.4, -0.2) is 21.1 Å². The predicted molar refractivity (Wildman–Crippen MR) is 87.1 cm³/mol. The van der Waals surface area contributed by atoms with Crippen LogP contribution in [0, 0.1) is 18.3 Å². The van der Waals surface area contributed by atoms with E-state index in [-0.39, 0.29) is 0 Å². The van der Waals surface area contributed by atoms with Crippen molar-refractivity contribution in [1.82, 2.24) is 14.4 Å². The second-order valence-corrected chi connectivity index (χ2v) is 5.41. The number of hydrogen-bond donors (Lipinski definition) is 0. The fourth-order valence-corrected chi connectivity index (χ4v) is 2.79. The van der Waals surface area contributed by atoms with Crippen molar-refractivity contribution in [2.45, 2.75) is 6.92 Å². The van der Waals surface area contributed by atoms with Gasteiger partial charge < -0.3 is 0 Å². The molecule has 0 radical (unpaired) electrons. The van der Waals surface area contributed by atoms with Crippen LogP contribution in [0.4, 0.5) is 5.95 Å². The van der Waals surface area contributed by atoms with Crippen LogP contribution in [0.3, 0.4) is 0 Å². The lowest BCUT2D eigenvalue weighted by atomic mass is 10.1. The Bertz CT molecular complexity index is 953. The molecule has 0 aliphatic carbocycles. The van der Waals surface area contributed by atoms with Crippen LogP contribution in [0.15, 0.2) is 29.3 Å². The van der Waals surface area contributed by atoms with E-state index in [0.29, 0.717) is 38.7 Å². The molecule has 7 heteroatoms. The smallest absolute Gasteiger partial charge is 0.237 e. The Morgan fingerprint density at radius 2 is 2.00 bits per heavy atom. The minimum absolute atomic E-state index is 0.315. The fraction of sp³-hybridized carbons (Fsp3) is 0.0667. The molecule has 2 heterocycles. The topological polar surface area (TPSA) is 66.3 Å². The zero-order valence-electron chi connectivity index (χ0n) is 11.5. The number of halogens is 2. The molecule has 0 saturated carbocycles.